The number of amides is 2. The van der Waals surface area contributed by atoms with Gasteiger partial charge in [0.1, 0.15) is 0 Å². The van der Waals surface area contributed by atoms with Crippen LogP contribution in [-0.2, 0) is 11.2 Å². The van der Waals surface area contributed by atoms with Gasteiger partial charge in [-0.25, -0.2) is 4.79 Å². The Labute approximate surface area is 142 Å². The Hall–Kier alpha value is -1.63. The Bertz CT molecular complexity index is 611. The summed E-state index contributed by atoms with van der Waals surface area (Å²) in [5, 5.41) is 16.3. The summed E-state index contributed by atoms with van der Waals surface area (Å²) >= 11 is 0. The largest absolute Gasteiger partial charge is 0.386 e. The van der Waals surface area contributed by atoms with E-state index < -0.39 is 6.10 Å². The smallest absolute Gasteiger partial charge is 0.315 e. The van der Waals surface area contributed by atoms with Crippen LogP contribution in [0.1, 0.15) is 30.1 Å². The maximum absolute atomic E-state index is 12.3. The fraction of sp³-hybridized carbons (Fsp3) is 0.611. The van der Waals surface area contributed by atoms with Gasteiger partial charge in [-0.05, 0) is 30.4 Å². The Morgan fingerprint density at radius 2 is 2.04 bits per heavy atom. The van der Waals surface area contributed by atoms with Crippen LogP contribution in [0, 0.1) is 0 Å². The Morgan fingerprint density at radius 3 is 2.75 bits per heavy atom. The molecule has 2 amide bonds. The molecule has 1 aliphatic heterocycles. The number of ether oxygens (including phenoxy) is 1. The Balaban J connectivity index is 1.29. The number of rotatable bonds is 4. The Morgan fingerprint density at radius 1 is 1.29 bits per heavy atom. The quantitative estimate of drug-likeness (QED) is 0.763. The molecule has 6 nitrogen and oxygen atoms in total. The molecule has 0 spiro atoms. The lowest BCUT2D eigenvalue weighted by molar-refractivity contribution is 0.0102. The number of urea groups is 1. The molecule has 1 saturated carbocycles. The van der Waals surface area contributed by atoms with E-state index in [9.17, 15) is 9.90 Å². The van der Waals surface area contributed by atoms with Gasteiger partial charge >= 0.3 is 6.03 Å². The number of carbonyl (C=O) groups excluding carboxylic acids is 1. The molecule has 1 saturated heterocycles. The number of benzene rings is 1. The molecule has 0 bridgehead atoms. The first-order chi connectivity index (χ1) is 11.7. The molecule has 2 atom stereocenters. The van der Waals surface area contributed by atoms with E-state index in [1.807, 2.05) is 24.3 Å². The van der Waals surface area contributed by atoms with E-state index in [1.54, 1.807) is 0 Å². The van der Waals surface area contributed by atoms with Crippen molar-refractivity contribution >= 4 is 6.03 Å². The molecule has 6 heteroatoms. The summed E-state index contributed by atoms with van der Waals surface area (Å²) in [6.07, 6.45) is 2.32. The van der Waals surface area contributed by atoms with Crippen molar-refractivity contribution in [2.24, 2.45) is 0 Å². The molecular weight excluding hydrogens is 306 g/mol. The van der Waals surface area contributed by atoms with Crippen LogP contribution in [0.25, 0.3) is 0 Å². The van der Waals surface area contributed by atoms with Crippen molar-refractivity contribution in [3.05, 3.63) is 35.4 Å². The SMILES string of the molecule is O=C(NCC1(N2CCOCC2)CC1)N[C@H]1Cc2ccccc2[C@@H]1O. The highest BCUT2D eigenvalue weighted by molar-refractivity contribution is 5.74. The zero-order chi connectivity index (χ0) is 16.6. The number of aliphatic hydroxyl groups is 1. The number of carbonyl (C=O) groups is 1. The van der Waals surface area contributed by atoms with Gasteiger partial charge in [0.15, 0.2) is 0 Å². The first-order valence-electron chi connectivity index (χ1n) is 8.81. The maximum atomic E-state index is 12.3. The molecule has 3 N–H and O–H groups in total. The van der Waals surface area contributed by atoms with Crippen LogP contribution in [0.15, 0.2) is 24.3 Å². The maximum Gasteiger partial charge on any atom is 0.315 e. The van der Waals surface area contributed by atoms with Crippen molar-refractivity contribution in [3.63, 3.8) is 0 Å². The third kappa shape index (κ3) is 3.01. The van der Waals surface area contributed by atoms with E-state index in [2.05, 4.69) is 15.5 Å². The van der Waals surface area contributed by atoms with Gasteiger partial charge in [0.2, 0.25) is 0 Å². The molecular formula is C18H25N3O3. The van der Waals surface area contributed by atoms with Crippen LogP contribution in [0.2, 0.25) is 0 Å². The summed E-state index contributed by atoms with van der Waals surface area (Å²) in [6.45, 7) is 4.11. The third-order valence-corrected chi connectivity index (χ3v) is 5.60. The molecule has 2 aliphatic carbocycles. The minimum Gasteiger partial charge on any atom is -0.386 e. The number of aliphatic hydroxyl groups excluding tert-OH is 1. The number of hydrogen-bond acceptors (Lipinski definition) is 4. The topological polar surface area (TPSA) is 73.8 Å². The summed E-state index contributed by atoms with van der Waals surface area (Å²) in [6, 6.07) is 7.39. The molecule has 2 fully saturated rings. The first-order valence-corrected chi connectivity index (χ1v) is 8.81. The summed E-state index contributed by atoms with van der Waals surface area (Å²) < 4.78 is 5.41. The average Bonchev–Trinajstić information content (AvgIpc) is 3.35. The zero-order valence-electron chi connectivity index (χ0n) is 13.8. The van der Waals surface area contributed by atoms with Crippen LogP contribution >= 0.6 is 0 Å². The highest BCUT2D eigenvalue weighted by Crippen LogP contribution is 2.41. The van der Waals surface area contributed by atoms with Crippen LogP contribution in [0.5, 0.6) is 0 Å². The van der Waals surface area contributed by atoms with Gasteiger partial charge in [-0.15, -0.1) is 0 Å². The van der Waals surface area contributed by atoms with E-state index in [1.165, 1.54) is 0 Å². The summed E-state index contributed by atoms with van der Waals surface area (Å²) in [7, 11) is 0. The molecule has 4 rings (SSSR count). The van der Waals surface area contributed by atoms with Crippen molar-refractivity contribution in [2.75, 3.05) is 32.8 Å². The van der Waals surface area contributed by atoms with Gasteiger partial charge in [-0.1, -0.05) is 24.3 Å². The van der Waals surface area contributed by atoms with Crippen LogP contribution in [-0.4, -0.2) is 60.5 Å². The lowest BCUT2D eigenvalue weighted by Gasteiger charge is -2.35. The van der Waals surface area contributed by atoms with Gasteiger partial charge in [0, 0.05) is 25.2 Å². The summed E-state index contributed by atoms with van der Waals surface area (Å²) in [4.78, 5) is 14.7. The second kappa shape index (κ2) is 6.35. The first kappa shape index (κ1) is 15.9. The van der Waals surface area contributed by atoms with Crippen molar-refractivity contribution in [1.82, 2.24) is 15.5 Å². The average molecular weight is 331 g/mol. The predicted octanol–water partition coefficient (Wildman–Crippen LogP) is 0.809. The van der Waals surface area contributed by atoms with E-state index >= 15 is 0 Å². The van der Waals surface area contributed by atoms with E-state index in [0.29, 0.717) is 13.0 Å². The number of fused-ring (bicyclic) bond motifs is 1. The van der Waals surface area contributed by atoms with Crippen molar-refractivity contribution in [2.45, 2.75) is 36.9 Å². The minimum absolute atomic E-state index is 0.123. The molecule has 130 valence electrons. The lowest BCUT2D eigenvalue weighted by atomic mass is 10.1. The highest BCUT2D eigenvalue weighted by atomic mass is 16.5. The molecule has 1 heterocycles. The van der Waals surface area contributed by atoms with Crippen molar-refractivity contribution in [3.8, 4) is 0 Å². The van der Waals surface area contributed by atoms with Crippen LogP contribution < -0.4 is 10.6 Å². The molecule has 1 aromatic rings. The fourth-order valence-electron chi connectivity index (χ4n) is 3.95. The molecule has 0 radical (unpaired) electrons. The monoisotopic (exact) mass is 331 g/mol. The molecule has 0 aromatic heterocycles. The van der Waals surface area contributed by atoms with Crippen LogP contribution in [0.3, 0.4) is 0 Å². The fourth-order valence-corrected chi connectivity index (χ4v) is 3.95. The number of nitrogens with one attached hydrogen (secondary N) is 2. The summed E-state index contributed by atoms with van der Waals surface area (Å²) in [5.74, 6) is 0. The van der Waals surface area contributed by atoms with Crippen LogP contribution in [0.4, 0.5) is 4.79 Å². The van der Waals surface area contributed by atoms with Gasteiger partial charge in [0.25, 0.3) is 0 Å². The van der Waals surface area contributed by atoms with E-state index in [0.717, 1.165) is 50.3 Å². The van der Waals surface area contributed by atoms with E-state index in [-0.39, 0.29) is 17.6 Å². The van der Waals surface area contributed by atoms with Crippen molar-refractivity contribution < 1.29 is 14.6 Å². The van der Waals surface area contributed by atoms with Gasteiger partial charge in [0.05, 0.1) is 25.4 Å². The number of hydrogen-bond donors (Lipinski definition) is 3. The van der Waals surface area contributed by atoms with Gasteiger partial charge < -0.3 is 20.5 Å². The molecule has 1 aromatic carbocycles. The summed E-state index contributed by atoms with van der Waals surface area (Å²) in [5.41, 5.74) is 2.16. The predicted molar refractivity (Wildman–Crippen MR) is 89.8 cm³/mol. The second-order valence-corrected chi connectivity index (χ2v) is 7.11. The minimum atomic E-state index is -0.624. The third-order valence-electron chi connectivity index (χ3n) is 5.60. The molecule has 3 aliphatic rings. The zero-order valence-corrected chi connectivity index (χ0v) is 13.8. The lowest BCUT2D eigenvalue weighted by Crippen LogP contribution is -2.53. The highest BCUT2D eigenvalue weighted by Gasteiger charge is 2.48. The van der Waals surface area contributed by atoms with Crippen molar-refractivity contribution in [1.29, 1.82) is 0 Å². The number of morpholine rings is 1. The van der Waals surface area contributed by atoms with Gasteiger partial charge in [-0.3, -0.25) is 4.90 Å². The van der Waals surface area contributed by atoms with E-state index in [4.69, 9.17) is 4.74 Å². The second-order valence-electron chi connectivity index (χ2n) is 7.11. The Kier molecular flexibility index (Phi) is 4.20. The normalized spacial score (nSPS) is 28.2. The standard InChI is InChI=1S/C18H25N3O3/c22-16-14-4-2-1-3-13(14)11-15(16)20-17(23)19-12-18(5-6-18)21-7-9-24-10-8-21/h1-4,15-16,22H,5-12H2,(H2,19,20,23)/t15-,16-/m0/s1. The molecule has 24 heavy (non-hydrogen) atoms. The number of nitrogens with zero attached hydrogens (tertiary/aromatic N) is 1. The van der Waals surface area contributed by atoms with Gasteiger partial charge in [-0.2, -0.15) is 0 Å². The molecule has 0 unspecified atom stereocenters.